The van der Waals surface area contributed by atoms with Gasteiger partial charge in [0.1, 0.15) is 17.0 Å². The van der Waals surface area contributed by atoms with Gasteiger partial charge in [0.15, 0.2) is 5.15 Å². The largest absolute Gasteiger partial charge is 0.221 e. The molecule has 0 atom stereocenters. The molecule has 0 radical (unpaired) electrons. The second-order valence-corrected chi connectivity index (χ2v) is 2.75. The number of nitrogens with zero attached hydrogens (tertiary/aromatic N) is 3. The molecule has 0 saturated heterocycles. The maximum atomic E-state index is 5.76. The summed E-state index contributed by atoms with van der Waals surface area (Å²) in [7, 11) is 0. The van der Waals surface area contributed by atoms with Crippen molar-refractivity contribution in [2.24, 2.45) is 0 Å². The molecule has 0 N–H and O–H groups in total. The van der Waals surface area contributed by atoms with Crippen molar-refractivity contribution in [1.82, 2.24) is 14.6 Å². The van der Waals surface area contributed by atoms with Gasteiger partial charge in [-0.1, -0.05) is 23.2 Å². The monoisotopic (exact) mass is 187 g/mol. The molecule has 0 aromatic carbocycles. The first-order valence-electron chi connectivity index (χ1n) is 2.93. The van der Waals surface area contributed by atoms with Gasteiger partial charge in [0.25, 0.3) is 0 Å². The summed E-state index contributed by atoms with van der Waals surface area (Å²) in [5, 5.41) is 4.83. The molecule has 0 aliphatic rings. The van der Waals surface area contributed by atoms with Crippen LogP contribution in [0.4, 0.5) is 0 Å². The summed E-state index contributed by atoms with van der Waals surface area (Å²) < 4.78 is 1.52. The van der Waals surface area contributed by atoms with Crippen LogP contribution in [0.3, 0.4) is 0 Å². The zero-order chi connectivity index (χ0) is 7.84. The Labute approximate surface area is 72.6 Å². The van der Waals surface area contributed by atoms with E-state index in [1.807, 2.05) is 0 Å². The summed E-state index contributed by atoms with van der Waals surface area (Å²) in [4.78, 5) is 3.80. The van der Waals surface area contributed by atoms with E-state index >= 15 is 0 Å². The highest BCUT2D eigenvalue weighted by Crippen LogP contribution is 2.18. The Balaban J connectivity index is 2.94. The molecule has 0 bridgehead atoms. The van der Waals surface area contributed by atoms with Crippen LogP contribution in [0.1, 0.15) is 0 Å². The Bertz CT molecular complexity index is 396. The maximum absolute atomic E-state index is 5.76. The van der Waals surface area contributed by atoms with Crippen molar-refractivity contribution in [2.45, 2.75) is 0 Å². The van der Waals surface area contributed by atoms with E-state index in [1.54, 1.807) is 12.1 Å². The zero-order valence-electron chi connectivity index (χ0n) is 5.33. The van der Waals surface area contributed by atoms with Crippen LogP contribution in [-0.4, -0.2) is 14.6 Å². The molecule has 0 fully saturated rings. The predicted octanol–water partition coefficient (Wildman–Crippen LogP) is 2.04. The molecule has 0 saturated carbocycles. The van der Waals surface area contributed by atoms with Crippen LogP contribution >= 0.6 is 23.2 Å². The molecule has 2 heterocycles. The third-order valence-electron chi connectivity index (χ3n) is 1.36. The third-order valence-corrected chi connectivity index (χ3v) is 1.94. The van der Waals surface area contributed by atoms with Crippen molar-refractivity contribution < 1.29 is 0 Å². The average Bonchev–Trinajstić information content (AvgIpc) is 2.35. The first-order chi connectivity index (χ1) is 5.29. The minimum atomic E-state index is 0.409. The van der Waals surface area contributed by atoms with E-state index in [1.165, 1.54) is 10.8 Å². The molecule has 0 aliphatic heterocycles. The van der Waals surface area contributed by atoms with Gasteiger partial charge < -0.3 is 0 Å². The summed E-state index contributed by atoms with van der Waals surface area (Å²) in [5.41, 5.74) is 0.721. The Kier molecular flexibility index (Phi) is 1.47. The normalized spacial score (nSPS) is 10.7. The first kappa shape index (κ1) is 6.88. The molecular weight excluding hydrogens is 185 g/mol. The predicted molar refractivity (Wildman–Crippen MR) is 43.0 cm³/mol. The fourth-order valence-electron chi connectivity index (χ4n) is 0.872. The second-order valence-electron chi connectivity index (χ2n) is 2.00. The van der Waals surface area contributed by atoms with Gasteiger partial charge in [0, 0.05) is 0 Å². The summed E-state index contributed by atoms with van der Waals surface area (Å²) in [6.07, 6.45) is 1.36. The SMILES string of the molecule is Clc1ncnn2c(Cl)ccc12. The van der Waals surface area contributed by atoms with Crippen molar-refractivity contribution in [3.8, 4) is 0 Å². The smallest absolute Gasteiger partial charge is 0.156 e. The van der Waals surface area contributed by atoms with Gasteiger partial charge in [-0.3, -0.25) is 0 Å². The molecule has 0 amide bonds. The molecule has 2 rings (SSSR count). The van der Waals surface area contributed by atoms with Gasteiger partial charge in [0.05, 0.1) is 0 Å². The first-order valence-corrected chi connectivity index (χ1v) is 3.68. The fourth-order valence-corrected chi connectivity index (χ4v) is 1.26. The van der Waals surface area contributed by atoms with Gasteiger partial charge >= 0.3 is 0 Å². The standard InChI is InChI=1S/C6H3Cl2N3/c7-5-2-1-4-6(8)9-3-10-11(4)5/h1-3H. The lowest BCUT2D eigenvalue weighted by atomic mass is 10.5. The summed E-state index contributed by atoms with van der Waals surface area (Å²) >= 11 is 11.5. The second kappa shape index (κ2) is 2.36. The Morgan fingerprint density at radius 2 is 2.09 bits per heavy atom. The van der Waals surface area contributed by atoms with E-state index in [2.05, 4.69) is 10.1 Å². The Hall–Kier alpha value is -0.800. The summed E-state index contributed by atoms with van der Waals surface area (Å²) in [6.45, 7) is 0. The van der Waals surface area contributed by atoms with E-state index in [0.717, 1.165) is 5.52 Å². The van der Waals surface area contributed by atoms with Crippen LogP contribution in [0.5, 0.6) is 0 Å². The van der Waals surface area contributed by atoms with Crippen LogP contribution in [0.15, 0.2) is 18.5 Å². The van der Waals surface area contributed by atoms with Crippen molar-refractivity contribution in [2.75, 3.05) is 0 Å². The molecule has 0 unspecified atom stereocenters. The number of hydrogen-bond acceptors (Lipinski definition) is 2. The van der Waals surface area contributed by atoms with E-state index in [0.29, 0.717) is 10.3 Å². The van der Waals surface area contributed by atoms with Gasteiger partial charge in [-0.15, -0.1) is 0 Å². The number of halogens is 2. The van der Waals surface area contributed by atoms with E-state index in [9.17, 15) is 0 Å². The van der Waals surface area contributed by atoms with E-state index in [4.69, 9.17) is 23.2 Å². The molecule has 2 aromatic rings. The van der Waals surface area contributed by atoms with E-state index < -0.39 is 0 Å². The molecule has 11 heavy (non-hydrogen) atoms. The van der Waals surface area contributed by atoms with Crippen molar-refractivity contribution in [1.29, 1.82) is 0 Å². The van der Waals surface area contributed by atoms with Crippen LogP contribution < -0.4 is 0 Å². The van der Waals surface area contributed by atoms with Gasteiger partial charge in [0.2, 0.25) is 0 Å². The van der Waals surface area contributed by atoms with Crippen LogP contribution in [-0.2, 0) is 0 Å². The molecule has 56 valence electrons. The van der Waals surface area contributed by atoms with Crippen LogP contribution in [0.2, 0.25) is 10.3 Å². The molecule has 0 aliphatic carbocycles. The van der Waals surface area contributed by atoms with Crippen molar-refractivity contribution in [3.63, 3.8) is 0 Å². The van der Waals surface area contributed by atoms with Crippen molar-refractivity contribution >= 4 is 28.7 Å². The van der Waals surface area contributed by atoms with Crippen molar-refractivity contribution in [3.05, 3.63) is 28.8 Å². The quantitative estimate of drug-likeness (QED) is 0.633. The van der Waals surface area contributed by atoms with Gasteiger partial charge in [-0.05, 0) is 12.1 Å². The minimum absolute atomic E-state index is 0.409. The highest BCUT2D eigenvalue weighted by atomic mass is 35.5. The van der Waals surface area contributed by atoms with Gasteiger partial charge in [-0.25, -0.2) is 9.50 Å². The zero-order valence-corrected chi connectivity index (χ0v) is 6.84. The fraction of sp³-hybridized carbons (Fsp3) is 0. The highest BCUT2D eigenvalue weighted by molar-refractivity contribution is 6.33. The highest BCUT2D eigenvalue weighted by Gasteiger charge is 2.02. The molecular formula is C6H3Cl2N3. The number of fused-ring (bicyclic) bond motifs is 1. The third kappa shape index (κ3) is 0.968. The summed E-state index contributed by atoms with van der Waals surface area (Å²) in [6, 6.07) is 3.49. The lowest BCUT2D eigenvalue weighted by molar-refractivity contribution is 0.904. The topological polar surface area (TPSA) is 30.2 Å². The number of aromatic nitrogens is 3. The van der Waals surface area contributed by atoms with Crippen LogP contribution in [0, 0.1) is 0 Å². The lowest BCUT2D eigenvalue weighted by Gasteiger charge is -1.93. The maximum Gasteiger partial charge on any atom is 0.156 e. The number of hydrogen-bond donors (Lipinski definition) is 0. The average molecular weight is 188 g/mol. The lowest BCUT2D eigenvalue weighted by Crippen LogP contribution is -1.91. The Morgan fingerprint density at radius 3 is 2.82 bits per heavy atom. The Morgan fingerprint density at radius 1 is 1.27 bits per heavy atom. The molecule has 2 aromatic heterocycles. The van der Waals surface area contributed by atoms with Crippen LogP contribution in [0.25, 0.3) is 5.52 Å². The number of rotatable bonds is 0. The molecule has 0 spiro atoms. The molecule has 5 heteroatoms. The summed E-state index contributed by atoms with van der Waals surface area (Å²) in [5.74, 6) is 0. The molecule has 3 nitrogen and oxygen atoms in total. The van der Waals surface area contributed by atoms with Gasteiger partial charge in [-0.2, -0.15) is 5.10 Å². The minimum Gasteiger partial charge on any atom is -0.221 e. The van der Waals surface area contributed by atoms with E-state index in [-0.39, 0.29) is 0 Å².